The van der Waals surface area contributed by atoms with Gasteiger partial charge in [-0.15, -0.1) is 0 Å². The minimum Gasteiger partial charge on any atom is -0.493 e. The number of methoxy groups -OCH3 is 2. The Labute approximate surface area is 127 Å². The Morgan fingerprint density at radius 1 is 1.29 bits per heavy atom. The van der Waals surface area contributed by atoms with Crippen LogP contribution in [0.1, 0.15) is 6.42 Å². The molecule has 0 aliphatic rings. The van der Waals surface area contributed by atoms with Crippen LogP contribution in [0.4, 0.5) is 11.4 Å². The molecule has 0 aliphatic carbocycles. The average Bonchev–Trinajstić information content (AvgIpc) is 2.49. The van der Waals surface area contributed by atoms with E-state index >= 15 is 0 Å². The van der Waals surface area contributed by atoms with Crippen molar-refractivity contribution >= 4 is 23.1 Å². The number of thioether (sulfide) groups is 1. The van der Waals surface area contributed by atoms with E-state index in [0.29, 0.717) is 23.7 Å². The van der Waals surface area contributed by atoms with Crippen molar-refractivity contribution < 1.29 is 19.5 Å². The van der Waals surface area contributed by atoms with Gasteiger partial charge in [-0.3, -0.25) is 10.1 Å². The van der Waals surface area contributed by atoms with Gasteiger partial charge in [0, 0.05) is 25.0 Å². The summed E-state index contributed by atoms with van der Waals surface area (Å²) >= 11 is 1.68. The topological polar surface area (TPSA) is 93.9 Å². The highest BCUT2D eigenvalue weighted by molar-refractivity contribution is 7.99. The molecule has 1 aromatic carbocycles. The summed E-state index contributed by atoms with van der Waals surface area (Å²) in [5, 5.41) is 22.8. The Kier molecular flexibility index (Phi) is 7.70. The summed E-state index contributed by atoms with van der Waals surface area (Å²) in [5.41, 5.74) is 0.355. The van der Waals surface area contributed by atoms with Crippen molar-refractivity contribution in [3.63, 3.8) is 0 Å². The molecule has 1 aromatic rings. The Bertz CT molecular complexity index is 470. The smallest absolute Gasteiger partial charge is 0.296 e. The molecular weight excluding hydrogens is 296 g/mol. The molecule has 0 amide bonds. The van der Waals surface area contributed by atoms with E-state index < -0.39 is 4.92 Å². The standard InChI is InChI=1S/C13H20N2O5S/c1-19-12-8-10(14-4-7-21-6-3-5-16)11(15(17)18)9-13(12)20-2/h8-9,14,16H,3-7H2,1-2H3. The summed E-state index contributed by atoms with van der Waals surface area (Å²) in [5.74, 6) is 2.43. The zero-order valence-corrected chi connectivity index (χ0v) is 12.9. The number of hydrogen-bond acceptors (Lipinski definition) is 7. The average molecular weight is 316 g/mol. The largest absolute Gasteiger partial charge is 0.493 e. The number of nitrogens with zero attached hydrogens (tertiary/aromatic N) is 1. The van der Waals surface area contributed by atoms with Gasteiger partial charge in [0.1, 0.15) is 5.69 Å². The molecular formula is C13H20N2O5S. The lowest BCUT2D eigenvalue weighted by Crippen LogP contribution is -2.07. The maximum Gasteiger partial charge on any atom is 0.296 e. The first-order valence-electron chi connectivity index (χ1n) is 6.47. The van der Waals surface area contributed by atoms with Gasteiger partial charge in [-0.25, -0.2) is 0 Å². The van der Waals surface area contributed by atoms with E-state index in [1.807, 2.05) is 0 Å². The van der Waals surface area contributed by atoms with Gasteiger partial charge < -0.3 is 19.9 Å². The van der Waals surface area contributed by atoms with Crippen molar-refractivity contribution in [3.8, 4) is 11.5 Å². The van der Waals surface area contributed by atoms with Crippen LogP contribution in [-0.2, 0) is 0 Å². The monoisotopic (exact) mass is 316 g/mol. The molecule has 0 heterocycles. The van der Waals surface area contributed by atoms with Crippen LogP contribution in [0.15, 0.2) is 12.1 Å². The van der Waals surface area contributed by atoms with Crippen LogP contribution in [0.5, 0.6) is 11.5 Å². The first kappa shape index (κ1) is 17.4. The number of aliphatic hydroxyl groups is 1. The predicted octanol–water partition coefficient (Wildman–Crippen LogP) is 2.14. The number of rotatable bonds is 10. The van der Waals surface area contributed by atoms with Crippen LogP contribution in [0.25, 0.3) is 0 Å². The fraction of sp³-hybridized carbons (Fsp3) is 0.538. The summed E-state index contributed by atoms with van der Waals surface area (Å²) in [4.78, 5) is 10.6. The fourth-order valence-corrected chi connectivity index (χ4v) is 2.47. The number of aliphatic hydroxyl groups excluding tert-OH is 1. The molecule has 118 valence electrons. The SMILES string of the molecule is COc1cc(NCCSCCCO)c([N+](=O)[O-])cc1OC. The Morgan fingerprint density at radius 2 is 1.95 bits per heavy atom. The number of anilines is 1. The second-order valence-electron chi connectivity index (χ2n) is 4.10. The highest BCUT2D eigenvalue weighted by atomic mass is 32.2. The van der Waals surface area contributed by atoms with Gasteiger partial charge in [-0.2, -0.15) is 11.8 Å². The number of hydrogen-bond donors (Lipinski definition) is 2. The summed E-state index contributed by atoms with van der Waals surface area (Å²) in [6, 6.07) is 2.91. The third kappa shape index (κ3) is 5.31. The lowest BCUT2D eigenvalue weighted by Gasteiger charge is -2.12. The quantitative estimate of drug-likeness (QED) is 0.388. The van der Waals surface area contributed by atoms with Gasteiger partial charge in [-0.1, -0.05) is 0 Å². The highest BCUT2D eigenvalue weighted by Crippen LogP contribution is 2.37. The number of benzene rings is 1. The third-order valence-corrected chi connectivity index (χ3v) is 3.78. The molecule has 0 bridgehead atoms. The van der Waals surface area contributed by atoms with Crippen LogP contribution in [0.2, 0.25) is 0 Å². The number of nitro benzene ring substituents is 1. The second kappa shape index (κ2) is 9.30. The summed E-state index contributed by atoms with van der Waals surface area (Å²) in [6.07, 6.45) is 0.751. The van der Waals surface area contributed by atoms with Crippen molar-refractivity contribution in [3.05, 3.63) is 22.2 Å². The molecule has 0 radical (unpaired) electrons. The van der Waals surface area contributed by atoms with Gasteiger partial charge in [-0.05, 0) is 12.2 Å². The van der Waals surface area contributed by atoms with Crippen molar-refractivity contribution in [1.82, 2.24) is 0 Å². The molecule has 21 heavy (non-hydrogen) atoms. The zero-order chi connectivity index (χ0) is 15.7. The predicted molar refractivity (Wildman–Crippen MR) is 83.7 cm³/mol. The lowest BCUT2D eigenvalue weighted by molar-refractivity contribution is -0.384. The summed E-state index contributed by atoms with van der Waals surface area (Å²) < 4.78 is 10.2. The maximum absolute atomic E-state index is 11.1. The highest BCUT2D eigenvalue weighted by Gasteiger charge is 2.19. The van der Waals surface area contributed by atoms with E-state index in [9.17, 15) is 10.1 Å². The molecule has 8 heteroatoms. The zero-order valence-electron chi connectivity index (χ0n) is 12.1. The minimum atomic E-state index is -0.455. The molecule has 0 unspecified atom stereocenters. The Balaban J connectivity index is 2.72. The summed E-state index contributed by atoms with van der Waals surface area (Å²) in [7, 11) is 2.92. The first-order valence-corrected chi connectivity index (χ1v) is 7.62. The number of nitrogens with one attached hydrogen (secondary N) is 1. The van der Waals surface area contributed by atoms with E-state index in [-0.39, 0.29) is 12.3 Å². The Morgan fingerprint density at radius 3 is 2.52 bits per heavy atom. The molecule has 0 fully saturated rings. The molecule has 0 aliphatic heterocycles. The van der Waals surface area contributed by atoms with Gasteiger partial charge in [0.15, 0.2) is 11.5 Å². The van der Waals surface area contributed by atoms with E-state index in [4.69, 9.17) is 14.6 Å². The van der Waals surface area contributed by atoms with Crippen molar-refractivity contribution in [2.75, 3.05) is 44.2 Å². The number of nitro groups is 1. The molecule has 2 N–H and O–H groups in total. The normalized spacial score (nSPS) is 10.2. The minimum absolute atomic E-state index is 0.0481. The first-order chi connectivity index (χ1) is 10.1. The molecule has 0 aromatic heterocycles. The van der Waals surface area contributed by atoms with Gasteiger partial charge in [0.05, 0.1) is 25.2 Å². The van der Waals surface area contributed by atoms with Gasteiger partial charge in [0.2, 0.25) is 0 Å². The van der Waals surface area contributed by atoms with Crippen LogP contribution in [0.3, 0.4) is 0 Å². The number of ether oxygens (including phenoxy) is 2. The Hall–Kier alpha value is -1.67. The van der Waals surface area contributed by atoms with E-state index in [1.165, 1.54) is 20.3 Å². The molecule has 1 rings (SSSR count). The van der Waals surface area contributed by atoms with E-state index in [0.717, 1.165) is 17.9 Å². The van der Waals surface area contributed by atoms with Crippen molar-refractivity contribution in [1.29, 1.82) is 0 Å². The lowest BCUT2D eigenvalue weighted by atomic mass is 10.2. The van der Waals surface area contributed by atoms with Crippen molar-refractivity contribution in [2.24, 2.45) is 0 Å². The molecule has 7 nitrogen and oxygen atoms in total. The second-order valence-corrected chi connectivity index (χ2v) is 5.32. The third-order valence-electron chi connectivity index (χ3n) is 2.71. The molecule has 0 saturated heterocycles. The van der Waals surface area contributed by atoms with Gasteiger partial charge in [0.25, 0.3) is 5.69 Å². The molecule has 0 atom stereocenters. The molecule has 0 saturated carbocycles. The van der Waals surface area contributed by atoms with Gasteiger partial charge >= 0.3 is 0 Å². The van der Waals surface area contributed by atoms with Crippen LogP contribution >= 0.6 is 11.8 Å². The van der Waals surface area contributed by atoms with Crippen LogP contribution < -0.4 is 14.8 Å². The summed E-state index contributed by atoms with van der Waals surface area (Å²) in [6.45, 7) is 0.772. The van der Waals surface area contributed by atoms with Crippen molar-refractivity contribution in [2.45, 2.75) is 6.42 Å². The maximum atomic E-state index is 11.1. The van der Waals surface area contributed by atoms with E-state index in [2.05, 4.69) is 5.32 Å². The van der Waals surface area contributed by atoms with E-state index in [1.54, 1.807) is 17.8 Å². The van der Waals surface area contributed by atoms with Crippen LogP contribution in [-0.4, -0.2) is 48.9 Å². The fourth-order valence-electron chi connectivity index (χ4n) is 1.69. The molecule has 0 spiro atoms. The van der Waals surface area contributed by atoms with Crippen LogP contribution in [0, 0.1) is 10.1 Å².